The number of nitrogens with two attached hydrogens (primary N) is 1. The first-order valence-corrected chi connectivity index (χ1v) is 6.31. The molecule has 0 amide bonds. The monoisotopic (exact) mass is 331 g/mol. The lowest BCUT2D eigenvalue weighted by atomic mass is 9.94. The summed E-state index contributed by atoms with van der Waals surface area (Å²) in [6, 6.07) is 2.02. The molecule has 3 N–H and O–H groups in total. The molecule has 0 saturated heterocycles. The molecule has 1 rings (SSSR count). The Hall–Kier alpha value is -0.490. The van der Waals surface area contributed by atoms with Crippen molar-refractivity contribution in [3.63, 3.8) is 0 Å². The predicted octanol–water partition coefficient (Wildman–Crippen LogP) is 4.19. The van der Waals surface area contributed by atoms with E-state index >= 15 is 0 Å². The van der Waals surface area contributed by atoms with Crippen molar-refractivity contribution in [2.75, 3.05) is 0 Å². The molecule has 116 valence electrons. The summed E-state index contributed by atoms with van der Waals surface area (Å²) < 4.78 is 37.9. The van der Waals surface area contributed by atoms with E-state index in [0.717, 1.165) is 18.2 Å². The molecule has 1 aromatic carbocycles. The Morgan fingerprint density at radius 3 is 2.30 bits per heavy atom. The van der Waals surface area contributed by atoms with Crippen molar-refractivity contribution < 1.29 is 18.3 Å². The zero-order valence-corrected chi connectivity index (χ0v) is 12.7. The molecule has 0 unspecified atom stereocenters. The molecule has 0 heterocycles. The minimum Gasteiger partial charge on any atom is -0.391 e. The molecule has 0 bridgehead atoms. The maximum Gasteiger partial charge on any atom is 0.416 e. The summed E-state index contributed by atoms with van der Waals surface area (Å²) in [4.78, 5) is 0. The Morgan fingerprint density at radius 1 is 1.30 bits per heavy atom. The van der Waals surface area contributed by atoms with Crippen LogP contribution in [0.3, 0.4) is 0 Å². The third-order valence-corrected chi connectivity index (χ3v) is 3.15. The van der Waals surface area contributed by atoms with E-state index in [9.17, 15) is 18.3 Å². The van der Waals surface area contributed by atoms with Gasteiger partial charge in [0.05, 0.1) is 17.7 Å². The Balaban J connectivity index is 0.00000361. The molecule has 1 aromatic rings. The van der Waals surface area contributed by atoms with E-state index in [0.29, 0.717) is 6.42 Å². The van der Waals surface area contributed by atoms with Gasteiger partial charge in [0.1, 0.15) is 0 Å². The minimum absolute atomic E-state index is 0. The van der Waals surface area contributed by atoms with Crippen molar-refractivity contribution in [2.24, 2.45) is 11.7 Å². The van der Waals surface area contributed by atoms with Crippen LogP contribution in [-0.2, 0) is 6.18 Å². The lowest BCUT2D eigenvalue weighted by Gasteiger charge is -2.22. The van der Waals surface area contributed by atoms with E-state index in [1.807, 2.05) is 13.8 Å². The predicted molar refractivity (Wildman–Crippen MR) is 76.1 cm³/mol. The van der Waals surface area contributed by atoms with Crippen molar-refractivity contribution in [2.45, 2.75) is 38.6 Å². The van der Waals surface area contributed by atoms with E-state index in [2.05, 4.69) is 0 Å². The molecule has 2 nitrogen and oxygen atoms in total. The molecule has 0 saturated carbocycles. The van der Waals surface area contributed by atoms with E-state index in [4.69, 9.17) is 17.3 Å². The summed E-state index contributed by atoms with van der Waals surface area (Å²) in [5.41, 5.74) is 5.09. The molecule has 20 heavy (non-hydrogen) atoms. The average Bonchev–Trinajstić information content (AvgIpc) is 2.26. The van der Waals surface area contributed by atoms with Gasteiger partial charge in [-0.25, -0.2) is 0 Å². The fraction of sp³-hybridized carbons (Fsp3) is 0.538. The normalized spacial score (nSPS) is 14.8. The second-order valence-corrected chi connectivity index (χ2v) is 5.36. The van der Waals surface area contributed by atoms with Crippen LogP contribution in [0.25, 0.3) is 0 Å². The molecule has 0 radical (unpaired) electrons. The quantitative estimate of drug-likeness (QED) is 0.869. The topological polar surface area (TPSA) is 46.2 Å². The highest BCUT2D eigenvalue weighted by atomic mass is 35.5. The highest BCUT2D eigenvalue weighted by Crippen LogP contribution is 2.34. The lowest BCUT2D eigenvalue weighted by Crippen LogP contribution is -2.28. The zero-order chi connectivity index (χ0) is 14.8. The van der Waals surface area contributed by atoms with Crippen LogP contribution in [-0.4, -0.2) is 11.2 Å². The van der Waals surface area contributed by atoms with Gasteiger partial charge in [-0.15, -0.1) is 12.4 Å². The van der Waals surface area contributed by atoms with Gasteiger partial charge >= 0.3 is 6.18 Å². The summed E-state index contributed by atoms with van der Waals surface area (Å²) in [7, 11) is 0. The largest absolute Gasteiger partial charge is 0.416 e. The van der Waals surface area contributed by atoms with Gasteiger partial charge in [-0.1, -0.05) is 25.4 Å². The lowest BCUT2D eigenvalue weighted by molar-refractivity contribution is -0.137. The molecular weight excluding hydrogens is 314 g/mol. The van der Waals surface area contributed by atoms with Crippen LogP contribution in [0.5, 0.6) is 0 Å². The van der Waals surface area contributed by atoms with E-state index in [1.54, 1.807) is 0 Å². The summed E-state index contributed by atoms with van der Waals surface area (Å²) in [6.45, 7) is 3.79. The summed E-state index contributed by atoms with van der Waals surface area (Å²) in [6.07, 6.45) is -4.99. The van der Waals surface area contributed by atoms with Gasteiger partial charge in [-0.3, -0.25) is 0 Å². The molecule has 2 atom stereocenters. The number of alkyl halides is 3. The molecule has 0 aliphatic heterocycles. The number of hydrogen-bond acceptors (Lipinski definition) is 2. The van der Waals surface area contributed by atoms with Crippen LogP contribution in [0.4, 0.5) is 13.2 Å². The first kappa shape index (κ1) is 19.5. The van der Waals surface area contributed by atoms with Crippen LogP contribution in [0, 0.1) is 5.92 Å². The Morgan fingerprint density at radius 2 is 1.85 bits per heavy atom. The smallest absolute Gasteiger partial charge is 0.391 e. The number of hydrogen-bond donors (Lipinski definition) is 2. The van der Waals surface area contributed by atoms with Crippen molar-refractivity contribution in [1.82, 2.24) is 0 Å². The number of aliphatic hydroxyl groups excluding tert-OH is 1. The minimum atomic E-state index is -4.46. The molecule has 0 aliphatic carbocycles. The van der Waals surface area contributed by atoms with Gasteiger partial charge in [0.15, 0.2) is 0 Å². The van der Waals surface area contributed by atoms with Crippen LogP contribution in [0.15, 0.2) is 18.2 Å². The van der Waals surface area contributed by atoms with Gasteiger partial charge in [-0.2, -0.15) is 13.2 Å². The third kappa shape index (κ3) is 5.13. The van der Waals surface area contributed by atoms with Crippen LogP contribution < -0.4 is 5.73 Å². The Bertz CT molecular complexity index is 438. The number of halogens is 5. The van der Waals surface area contributed by atoms with Gasteiger partial charge in [0, 0.05) is 5.02 Å². The average molecular weight is 332 g/mol. The highest BCUT2D eigenvalue weighted by molar-refractivity contribution is 6.31. The summed E-state index contributed by atoms with van der Waals surface area (Å²) in [5, 5.41) is 10.0. The van der Waals surface area contributed by atoms with E-state index in [-0.39, 0.29) is 28.9 Å². The maximum atomic E-state index is 12.6. The molecular formula is C13H18Cl2F3NO. The summed E-state index contributed by atoms with van der Waals surface area (Å²) >= 11 is 5.86. The third-order valence-electron chi connectivity index (χ3n) is 2.81. The number of aliphatic hydroxyl groups is 1. The van der Waals surface area contributed by atoms with Crippen LogP contribution in [0.2, 0.25) is 5.02 Å². The Kier molecular flexibility index (Phi) is 7.32. The first-order valence-electron chi connectivity index (χ1n) is 5.93. The number of benzene rings is 1. The number of rotatable bonds is 4. The van der Waals surface area contributed by atoms with Gasteiger partial charge in [0.2, 0.25) is 0 Å². The van der Waals surface area contributed by atoms with Gasteiger partial charge in [0.25, 0.3) is 0 Å². The first-order chi connectivity index (χ1) is 8.62. The molecule has 0 spiro atoms. The van der Waals surface area contributed by atoms with E-state index in [1.165, 1.54) is 0 Å². The van der Waals surface area contributed by atoms with Crippen molar-refractivity contribution in [3.8, 4) is 0 Å². The van der Waals surface area contributed by atoms with Gasteiger partial charge < -0.3 is 10.8 Å². The fourth-order valence-corrected chi connectivity index (χ4v) is 2.06. The fourth-order valence-electron chi connectivity index (χ4n) is 1.81. The van der Waals surface area contributed by atoms with E-state index < -0.39 is 23.9 Å². The zero-order valence-electron chi connectivity index (χ0n) is 11.1. The molecule has 0 aliphatic rings. The highest BCUT2D eigenvalue weighted by Gasteiger charge is 2.32. The molecule has 7 heteroatoms. The van der Waals surface area contributed by atoms with Crippen LogP contribution in [0.1, 0.15) is 37.4 Å². The second-order valence-electron chi connectivity index (χ2n) is 4.96. The second kappa shape index (κ2) is 7.50. The SMILES string of the molecule is CC(C)C[C@H](O)[C@H](N)c1cc(C(F)(F)F)ccc1Cl.Cl. The van der Waals surface area contributed by atoms with Gasteiger partial charge in [-0.05, 0) is 36.1 Å². The molecule has 0 fully saturated rings. The van der Waals surface area contributed by atoms with Crippen LogP contribution >= 0.6 is 24.0 Å². The maximum absolute atomic E-state index is 12.6. The van der Waals surface area contributed by atoms with Crippen molar-refractivity contribution in [1.29, 1.82) is 0 Å². The molecule has 0 aromatic heterocycles. The van der Waals surface area contributed by atoms with Crippen molar-refractivity contribution in [3.05, 3.63) is 34.3 Å². The van der Waals surface area contributed by atoms with Crippen molar-refractivity contribution >= 4 is 24.0 Å². The Labute approximate surface area is 127 Å². The summed E-state index contributed by atoms with van der Waals surface area (Å²) in [5.74, 6) is 0.186. The standard InChI is InChI=1S/C13H17ClF3NO.ClH/c1-7(2)5-11(19)12(18)9-6-8(13(15,16)17)3-4-10(9)14;/h3-4,6-7,11-12,19H,5,18H2,1-2H3;1H/t11-,12+;/m0./s1.